The lowest BCUT2D eigenvalue weighted by atomic mass is 9.98. The van der Waals surface area contributed by atoms with Crippen LogP contribution in [0.15, 0.2) is 66.0 Å². The minimum Gasteiger partial charge on any atom is -0.497 e. The van der Waals surface area contributed by atoms with Crippen LogP contribution in [0.1, 0.15) is 54.0 Å². The van der Waals surface area contributed by atoms with Crippen molar-refractivity contribution in [3.63, 3.8) is 0 Å². The fourth-order valence-corrected chi connectivity index (χ4v) is 4.61. The predicted molar refractivity (Wildman–Crippen MR) is 153 cm³/mol. The molecule has 0 aliphatic rings. The van der Waals surface area contributed by atoms with Gasteiger partial charge in [0.1, 0.15) is 17.5 Å². The molecule has 208 valence electrons. The van der Waals surface area contributed by atoms with Crippen LogP contribution in [0.4, 0.5) is 0 Å². The maximum Gasteiger partial charge on any atom is 0.261 e. The number of hydrogen-bond acceptors (Lipinski definition) is 6. The Balaban J connectivity index is 1.95. The van der Waals surface area contributed by atoms with E-state index in [2.05, 4.69) is 10.6 Å². The third kappa shape index (κ3) is 8.32. The van der Waals surface area contributed by atoms with Gasteiger partial charge in [0, 0.05) is 12.1 Å². The highest BCUT2D eigenvalue weighted by Gasteiger charge is 2.34. The normalized spacial score (nSPS) is 11.8. The zero-order valence-electron chi connectivity index (χ0n) is 23.2. The van der Waals surface area contributed by atoms with Crippen LogP contribution in [0.3, 0.4) is 0 Å². The molecular formula is C30H37N3O5S. The largest absolute Gasteiger partial charge is 0.497 e. The SMILES string of the molecule is CCC(C)(C)NC(=O)C(c1cccc(OC)c1)N(CCc1ccc(OC)cc1)C(=O)CNC(=O)c1cccs1. The van der Waals surface area contributed by atoms with Crippen molar-refractivity contribution in [1.29, 1.82) is 0 Å². The molecule has 0 saturated heterocycles. The number of amides is 3. The molecule has 1 heterocycles. The molecule has 3 amide bonds. The van der Waals surface area contributed by atoms with Crippen LogP contribution in [-0.2, 0) is 16.0 Å². The van der Waals surface area contributed by atoms with E-state index in [9.17, 15) is 14.4 Å². The number of carbonyl (C=O) groups is 3. The van der Waals surface area contributed by atoms with Gasteiger partial charge in [-0.05, 0) is 73.5 Å². The number of benzene rings is 2. The molecule has 1 aromatic heterocycles. The van der Waals surface area contributed by atoms with E-state index in [1.165, 1.54) is 16.2 Å². The second kappa shape index (κ2) is 13.8. The van der Waals surface area contributed by atoms with Crippen molar-refractivity contribution in [1.82, 2.24) is 15.5 Å². The number of hydrogen-bond donors (Lipinski definition) is 2. The van der Waals surface area contributed by atoms with Crippen molar-refractivity contribution in [3.8, 4) is 11.5 Å². The van der Waals surface area contributed by atoms with Gasteiger partial charge in [-0.25, -0.2) is 0 Å². The highest BCUT2D eigenvalue weighted by Crippen LogP contribution is 2.27. The molecule has 2 aromatic carbocycles. The van der Waals surface area contributed by atoms with E-state index in [-0.39, 0.29) is 30.8 Å². The van der Waals surface area contributed by atoms with E-state index in [0.29, 0.717) is 29.0 Å². The first-order valence-electron chi connectivity index (χ1n) is 12.9. The standard InChI is InChI=1S/C30H37N3O5S/c1-6-30(2,3)32-29(36)27(22-9-7-10-24(19-22)38-5)33(17-16-21-12-14-23(37-4)15-13-21)26(34)20-31-28(35)25-11-8-18-39-25/h7-15,18-19,27H,6,16-17,20H2,1-5H3,(H,31,35)(H,32,36). The van der Waals surface area contributed by atoms with Gasteiger partial charge in [-0.1, -0.05) is 37.3 Å². The monoisotopic (exact) mass is 551 g/mol. The lowest BCUT2D eigenvalue weighted by molar-refractivity contribution is -0.140. The quantitative estimate of drug-likeness (QED) is 0.323. The Hall–Kier alpha value is -3.85. The van der Waals surface area contributed by atoms with Crippen LogP contribution in [-0.4, -0.2) is 55.5 Å². The van der Waals surface area contributed by atoms with Gasteiger partial charge < -0.3 is 25.0 Å². The van der Waals surface area contributed by atoms with E-state index >= 15 is 0 Å². The molecule has 2 N–H and O–H groups in total. The summed E-state index contributed by atoms with van der Waals surface area (Å²) in [6.45, 7) is 5.89. The Morgan fingerprint density at radius 1 is 0.974 bits per heavy atom. The second-order valence-corrected chi connectivity index (χ2v) is 10.7. The van der Waals surface area contributed by atoms with Gasteiger partial charge in [-0.3, -0.25) is 14.4 Å². The van der Waals surface area contributed by atoms with Crippen LogP contribution in [0, 0.1) is 0 Å². The van der Waals surface area contributed by atoms with Crippen LogP contribution < -0.4 is 20.1 Å². The number of carbonyl (C=O) groups excluding carboxylic acids is 3. The Bertz CT molecular complexity index is 1240. The molecule has 0 spiro atoms. The summed E-state index contributed by atoms with van der Waals surface area (Å²) in [5.74, 6) is 0.309. The van der Waals surface area contributed by atoms with Gasteiger partial charge >= 0.3 is 0 Å². The fraction of sp³-hybridized carbons (Fsp3) is 0.367. The molecule has 0 bridgehead atoms. The summed E-state index contributed by atoms with van der Waals surface area (Å²) < 4.78 is 10.7. The summed E-state index contributed by atoms with van der Waals surface area (Å²) in [6.07, 6.45) is 1.21. The number of nitrogens with one attached hydrogen (secondary N) is 2. The van der Waals surface area contributed by atoms with E-state index < -0.39 is 11.6 Å². The minimum absolute atomic E-state index is 0.246. The molecule has 9 heteroatoms. The first-order valence-corrected chi connectivity index (χ1v) is 13.8. The summed E-state index contributed by atoms with van der Waals surface area (Å²) in [7, 11) is 3.16. The molecule has 8 nitrogen and oxygen atoms in total. The Morgan fingerprint density at radius 2 is 1.69 bits per heavy atom. The maximum atomic E-state index is 13.8. The summed E-state index contributed by atoms with van der Waals surface area (Å²) in [5.41, 5.74) is 1.12. The van der Waals surface area contributed by atoms with Gasteiger partial charge in [0.05, 0.1) is 25.6 Å². The van der Waals surface area contributed by atoms with Gasteiger partial charge in [0.25, 0.3) is 5.91 Å². The topological polar surface area (TPSA) is 97.0 Å². The van der Waals surface area contributed by atoms with Crippen LogP contribution in [0.2, 0.25) is 0 Å². The van der Waals surface area contributed by atoms with Crippen molar-refractivity contribution in [2.45, 2.75) is 45.2 Å². The molecule has 1 unspecified atom stereocenters. The van der Waals surface area contributed by atoms with Crippen molar-refractivity contribution in [2.75, 3.05) is 27.3 Å². The van der Waals surface area contributed by atoms with Crippen molar-refractivity contribution in [2.24, 2.45) is 0 Å². The van der Waals surface area contributed by atoms with Crippen molar-refractivity contribution in [3.05, 3.63) is 82.0 Å². The second-order valence-electron chi connectivity index (χ2n) is 9.75. The first kappa shape index (κ1) is 29.7. The number of ether oxygens (including phenoxy) is 2. The molecular weight excluding hydrogens is 514 g/mol. The zero-order valence-corrected chi connectivity index (χ0v) is 24.0. The average Bonchev–Trinajstić information content (AvgIpc) is 3.49. The number of thiophene rings is 1. The van der Waals surface area contributed by atoms with Crippen molar-refractivity contribution < 1.29 is 23.9 Å². The van der Waals surface area contributed by atoms with Crippen LogP contribution >= 0.6 is 11.3 Å². The smallest absolute Gasteiger partial charge is 0.261 e. The lowest BCUT2D eigenvalue weighted by Gasteiger charge is -2.35. The number of nitrogens with zero attached hydrogens (tertiary/aromatic N) is 1. The summed E-state index contributed by atoms with van der Waals surface area (Å²) in [4.78, 5) is 42.2. The third-order valence-electron chi connectivity index (χ3n) is 6.58. The van der Waals surface area contributed by atoms with E-state index in [1.807, 2.05) is 51.1 Å². The third-order valence-corrected chi connectivity index (χ3v) is 7.45. The molecule has 0 aliphatic heterocycles. The molecule has 3 rings (SSSR count). The summed E-state index contributed by atoms with van der Waals surface area (Å²) in [5, 5.41) is 7.62. The van der Waals surface area contributed by atoms with Crippen LogP contribution in [0.5, 0.6) is 11.5 Å². The Labute approximate surface area is 234 Å². The summed E-state index contributed by atoms with van der Waals surface area (Å²) >= 11 is 1.30. The van der Waals surface area contributed by atoms with Crippen molar-refractivity contribution >= 4 is 29.1 Å². The van der Waals surface area contributed by atoms with Gasteiger partial charge in [0.2, 0.25) is 11.8 Å². The highest BCUT2D eigenvalue weighted by atomic mass is 32.1. The van der Waals surface area contributed by atoms with E-state index in [4.69, 9.17) is 9.47 Å². The van der Waals surface area contributed by atoms with Gasteiger partial charge in [0.15, 0.2) is 0 Å². The molecule has 39 heavy (non-hydrogen) atoms. The van der Waals surface area contributed by atoms with E-state index in [0.717, 1.165) is 11.3 Å². The Morgan fingerprint density at radius 3 is 2.31 bits per heavy atom. The zero-order chi connectivity index (χ0) is 28.4. The molecule has 3 aromatic rings. The number of rotatable bonds is 13. The lowest BCUT2D eigenvalue weighted by Crippen LogP contribution is -2.52. The number of methoxy groups -OCH3 is 2. The predicted octanol–water partition coefficient (Wildman–Crippen LogP) is 4.61. The molecule has 0 saturated carbocycles. The van der Waals surface area contributed by atoms with Crippen LogP contribution in [0.25, 0.3) is 0 Å². The van der Waals surface area contributed by atoms with Gasteiger partial charge in [-0.15, -0.1) is 11.3 Å². The molecule has 0 fully saturated rings. The molecule has 0 radical (unpaired) electrons. The first-order chi connectivity index (χ1) is 18.7. The molecule has 0 aliphatic carbocycles. The minimum atomic E-state index is -0.935. The highest BCUT2D eigenvalue weighted by molar-refractivity contribution is 7.12. The maximum absolute atomic E-state index is 13.8. The van der Waals surface area contributed by atoms with Gasteiger partial charge in [-0.2, -0.15) is 0 Å². The fourth-order valence-electron chi connectivity index (χ4n) is 3.97. The average molecular weight is 552 g/mol. The Kier molecular flexibility index (Phi) is 10.5. The van der Waals surface area contributed by atoms with E-state index in [1.54, 1.807) is 49.9 Å². The molecule has 1 atom stereocenters. The summed E-state index contributed by atoms with van der Waals surface area (Å²) in [6, 6.07) is 17.3.